The van der Waals surface area contributed by atoms with E-state index in [1.165, 1.54) is 32.1 Å². The summed E-state index contributed by atoms with van der Waals surface area (Å²) in [5.41, 5.74) is 0. The first-order valence-electron chi connectivity index (χ1n) is 12.1. The molecule has 2 fully saturated rings. The van der Waals surface area contributed by atoms with Gasteiger partial charge in [-0.05, 0) is 6.42 Å². The van der Waals surface area contributed by atoms with E-state index in [1.54, 1.807) is 0 Å². The molecule has 2 heterocycles. The fourth-order valence-corrected chi connectivity index (χ4v) is 4.13. The standard InChI is InChI=1S/C22H42O11/c1-2-3-4-5-6-7-8-9-10-30-21-19(29)17(27)20(14(12-24)32-21)33-22-18(28)16(26)15(25)13(11-23)31-22/h13-29H,2-12H2,1H3/t13?,14?,15-,16-,17?,18?,19-,20-,21+,22-/m0/s1. The molecule has 11 nitrogen and oxygen atoms in total. The molecule has 0 spiro atoms. The van der Waals surface area contributed by atoms with Crippen LogP contribution < -0.4 is 0 Å². The van der Waals surface area contributed by atoms with Crippen molar-refractivity contribution < 1.29 is 54.7 Å². The van der Waals surface area contributed by atoms with Crippen molar-refractivity contribution in [3.8, 4) is 0 Å². The quantitative estimate of drug-likeness (QED) is 0.147. The maximum Gasteiger partial charge on any atom is 0.187 e. The molecule has 33 heavy (non-hydrogen) atoms. The largest absolute Gasteiger partial charge is 0.394 e. The van der Waals surface area contributed by atoms with Crippen LogP contribution in [0.3, 0.4) is 0 Å². The van der Waals surface area contributed by atoms with Crippen molar-refractivity contribution >= 4 is 0 Å². The van der Waals surface area contributed by atoms with Gasteiger partial charge in [0.05, 0.1) is 13.2 Å². The van der Waals surface area contributed by atoms with Gasteiger partial charge in [0.1, 0.15) is 48.8 Å². The fraction of sp³-hybridized carbons (Fsp3) is 1.00. The van der Waals surface area contributed by atoms with E-state index in [9.17, 15) is 35.7 Å². The minimum atomic E-state index is -1.69. The van der Waals surface area contributed by atoms with Gasteiger partial charge in [-0.1, -0.05) is 51.9 Å². The Labute approximate surface area is 194 Å². The monoisotopic (exact) mass is 482 g/mol. The second-order valence-electron chi connectivity index (χ2n) is 8.85. The van der Waals surface area contributed by atoms with Gasteiger partial charge in [-0.15, -0.1) is 0 Å². The van der Waals surface area contributed by atoms with Crippen molar-refractivity contribution in [2.45, 2.75) is 120 Å². The molecule has 0 aliphatic carbocycles. The van der Waals surface area contributed by atoms with Crippen molar-refractivity contribution in [3.05, 3.63) is 0 Å². The number of rotatable bonds is 14. The summed E-state index contributed by atoms with van der Waals surface area (Å²) in [7, 11) is 0. The molecule has 0 saturated carbocycles. The summed E-state index contributed by atoms with van der Waals surface area (Å²) in [6.45, 7) is 1.28. The lowest BCUT2D eigenvalue weighted by atomic mass is 9.97. The summed E-state index contributed by atoms with van der Waals surface area (Å²) in [5, 5.41) is 69.9. The smallest absolute Gasteiger partial charge is 0.187 e. The van der Waals surface area contributed by atoms with Crippen molar-refractivity contribution in [3.63, 3.8) is 0 Å². The van der Waals surface area contributed by atoms with Crippen LogP contribution in [-0.4, -0.2) is 117 Å². The minimum Gasteiger partial charge on any atom is -0.394 e. The molecule has 2 saturated heterocycles. The average Bonchev–Trinajstić information content (AvgIpc) is 2.82. The Kier molecular flexibility index (Phi) is 13.0. The highest BCUT2D eigenvalue weighted by atomic mass is 16.7. The number of aliphatic hydroxyl groups excluding tert-OH is 7. The maximum absolute atomic E-state index is 10.6. The van der Waals surface area contributed by atoms with Gasteiger partial charge in [0.15, 0.2) is 12.6 Å². The zero-order chi connectivity index (χ0) is 24.4. The summed E-state index contributed by atoms with van der Waals surface area (Å²) in [6.07, 6.45) is -5.35. The fourth-order valence-electron chi connectivity index (χ4n) is 4.13. The van der Waals surface area contributed by atoms with Gasteiger partial charge in [-0.3, -0.25) is 0 Å². The van der Waals surface area contributed by atoms with E-state index in [0.29, 0.717) is 6.61 Å². The molecule has 4 unspecified atom stereocenters. The normalized spacial score (nSPS) is 39.6. The average molecular weight is 483 g/mol. The Morgan fingerprint density at radius 2 is 1.15 bits per heavy atom. The third-order valence-corrected chi connectivity index (χ3v) is 6.24. The third-order valence-electron chi connectivity index (χ3n) is 6.24. The van der Waals surface area contributed by atoms with Crippen LogP contribution in [0, 0.1) is 0 Å². The molecule has 0 aromatic carbocycles. The van der Waals surface area contributed by atoms with Gasteiger partial charge in [0, 0.05) is 6.61 Å². The Balaban J connectivity index is 1.82. The SMILES string of the molecule is CCCCCCCCCCO[C@@H]1OC(CO)[C@H](O[C@@H]2OC(CO)[C@H](O)[C@H](O)C2O)C(O)[C@@H]1O. The van der Waals surface area contributed by atoms with E-state index >= 15 is 0 Å². The number of hydrogen-bond donors (Lipinski definition) is 7. The van der Waals surface area contributed by atoms with Crippen LogP contribution in [0.5, 0.6) is 0 Å². The van der Waals surface area contributed by atoms with Crippen LogP contribution in [0.1, 0.15) is 58.3 Å². The van der Waals surface area contributed by atoms with Gasteiger partial charge in [0.25, 0.3) is 0 Å². The van der Waals surface area contributed by atoms with Crippen LogP contribution in [0.2, 0.25) is 0 Å². The Bertz CT molecular complexity index is 521. The first-order chi connectivity index (χ1) is 15.8. The molecule has 196 valence electrons. The predicted octanol–water partition coefficient (Wildman–Crippen LogP) is -1.23. The maximum atomic E-state index is 10.6. The Morgan fingerprint density at radius 1 is 0.606 bits per heavy atom. The summed E-state index contributed by atoms with van der Waals surface area (Å²) >= 11 is 0. The lowest BCUT2D eigenvalue weighted by Crippen LogP contribution is -2.64. The molecule has 7 N–H and O–H groups in total. The first kappa shape index (κ1) is 28.8. The molecule has 10 atom stereocenters. The Hall–Kier alpha value is -0.440. The van der Waals surface area contributed by atoms with Crippen LogP contribution in [-0.2, 0) is 18.9 Å². The second-order valence-corrected chi connectivity index (χ2v) is 8.85. The van der Waals surface area contributed by atoms with Crippen LogP contribution >= 0.6 is 0 Å². The Morgan fingerprint density at radius 3 is 1.76 bits per heavy atom. The van der Waals surface area contributed by atoms with E-state index < -0.39 is 74.6 Å². The van der Waals surface area contributed by atoms with Crippen molar-refractivity contribution in [1.29, 1.82) is 0 Å². The zero-order valence-electron chi connectivity index (χ0n) is 19.3. The first-order valence-corrected chi connectivity index (χ1v) is 12.1. The van der Waals surface area contributed by atoms with Crippen molar-refractivity contribution in [2.75, 3.05) is 19.8 Å². The molecular weight excluding hydrogens is 440 g/mol. The van der Waals surface area contributed by atoms with E-state index in [2.05, 4.69) is 6.92 Å². The van der Waals surface area contributed by atoms with Gasteiger partial charge < -0.3 is 54.7 Å². The molecule has 2 aliphatic rings. The van der Waals surface area contributed by atoms with E-state index in [4.69, 9.17) is 18.9 Å². The van der Waals surface area contributed by atoms with Crippen molar-refractivity contribution in [1.82, 2.24) is 0 Å². The summed E-state index contributed by atoms with van der Waals surface area (Å²) in [4.78, 5) is 0. The molecule has 0 radical (unpaired) electrons. The molecule has 0 aromatic heterocycles. The molecule has 0 bridgehead atoms. The molecule has 2 aliphatic heterocycles. The number of unbranched alkanes of at least 4 members (excludes halogenated alkanes) is 7. The van der Waals surface area contributed by atoms with Crippen LogP contribution in [0.25, 0.3) is 0 Å². The van der Waals surface area contributed by atoms with Gasteiger partial charge >= 0.3 is 0 Å². The van der Waals surface area contributed by atoms with E-state index in [1.807, 2.05) is 0 Å². The highest BCUT2D eigenvalue weighted by molar-refractivity contribution is 4.94. The predicted molar refractivity (Wildman–Crippen MR) is 115 cm³/mol. The lowest BCUT2D eigenvalue weighted by Gasteiger charge is -2.45. The molecular formula is C22H42O11. The van der Waals surface area contributed by atoms with Gasteiger partial charge in [0.2, 0.25) is 0 Å². The number of aliphatic hydroxyl groups is 7. The summed E-state index contributed by atoms with van der Waals surface area (Å²) in [6, 6.07) is 0. The molecule has 2 rings (SSSR count). The van der Waals surface area contributed by atoms with Crippen LogP contribution in [0.4, 0.5) is 0 Å². The topological polar surface area (TPSA) is 179 Å². The number of ether oxygens (including phenoxy) is 4. The molecule has 11 heteroatoms. The highest BCUT2D eigenvalue weighted by Crippen LogP contribution is 2.29. The van der Waals surface area contributed by atoms with Gasteiger partial charge in [-0.2, -0.15) is 0 Å². The lowest BCUT2D eigenvalue weighted by molar-refractivity contribution is -0.359. The van der Waals surface area contributed by atoms with Crippen molar-refractivity contribution in [2.24, 2.45) is 0 Å². The van der Waals surface area contributed by atoms with Gasteiger partial charge in [-0.25, -0.2) is 0 Å². The van der Waals surface area contributed by atoms with Crippen LogP contribution in [0.15, 0.2) is 0 Å². The zero-order valence-corrected chi connectivity index (χ0v) is 19.3. The second kappa shape index (κ2) is 14.8. The van der Waals surface area contributed by atoms with E-state index in [0.717, 1.165) is 19.3 Å². The molecule has 0 aromatic rings. The highest BCUT2D eigenvalue weighted by Gasteiger charge is 2.50. The summed E-state index contributed by atoms with van der Waals surface area (Å²) in [5.74, 6) is 0. The summed E-state index contributed by atoms with van der Waals surface area (Å²) < 4.78 is 22.0. The van der Waals surface area contributed by atoms with E-state index in [-0.39, 0.29) is 0 Å². The third kappa shape index (κ3) is 8.04. The minimum absolute atomic E-state index is 0.319. The number of hydrogen-bond acceptors (Lipinski definition) is 11. The molecule has 0 amide bonds.